The normalized spacial score (nSPS) is 24.9. The molecule has 2 aliphatic rings. The van der Waals surface area contributed by atoms with Gasteiger partial charge in [0.15, 0.2) is 0 Å². The van der Waals surface area contributed by atoms with Crippen molar-refractivity contribution >= 4 is 11.6 Å². The molecule has 2 aliphatic heterocycles. The van der Waals surface area contributed by atoms with Gasteiger partial charge in [-0.3, -0.25) is 9.78 Å². The smallest absolute Gasteiger partial charge is 0.252 e. The van der Waals surface area contributed by atoms with Gasteiger partial charge in [-0.05, 0) is 56.1 Å². The number of rotatable bonds is 4. The van der Waals surface area contributed by atoms with Gasteiger partial charge in [-0.25, -0.2) is 0 Å². The molecule has 5 nitrogen and oxygen atoms in total. The number of likely N-dealkylation sites (tertiary alicyclic amines) is 1. The quantitative estimate of drug-likeness (QED) is 0.890. The minimum absolute atomic E-state index is 0.0910. The van der Waals surface area contributed by atoms with Gasteiger partial charge in [0.25, 0.3) is 5.91 Å². The molecule has 1 unspecified atom stereocenters. The van der Waals surface area contributed by atoms with E-state index in [0.29, 0.717) is 11.6 Å². The lowest BCUT2D eigenvalue weighted by molar-refractivity contribution is 0.0962. The Bertz CT molecular complexity index is 821. The molecule has 1 fully saturated rings. The van der Waals surface area contributed by atoms with Gasteiger partial charge in [0.05, 0.1) is 5.56 Å². The Hall–Kier alpha value is -2.40. The summed E-state index contributed by atoms with van der Waals surface area (Å²) in [7, 11) is 3.88. The van der Waals surface area contributed by atoms with E-state index < -0.39 is 0 Å². The van der Waals surface area contributed by atoms with Crippen LogP contribution in [-0.2, 0) is 5.41 Å². The summed E-state index contributed by atoms with van der Waals surface area (Å²) in [6, 6.07) is 11.1. The molecule has 2 N–H and O–H groups in total. The van der Waals surface area contributed by atoms with Crippen molar-refractivity contribution in [3.63, 3.8) is 0 Å². The molecule has 0 spiro atoms. The molecule has 0 radical (unpaired) electrons. The fraction of sp³-hybridized carbons (Fsp3) is 0.429. The zero-order chi connectivity index (χ0) is 18.1. The van der Waals surface area contributed by atoms with Crippen molar-refractivity contribution in [3.8, 4) is 0 Å². The first-order valence-electron chi connectivity index (χ1n) is 9.35. The van der Waals surface area contributed by atoms with Crippen LogP contribution < -0.4 is 10.6 Å². The first-order chi connectivity index (χ1) is 12.6. The Kier molecular flexibility index (Phi) is 4.41. The summed E-state index contributed by atoms with van der Waals surface area (Å²) in [4.78, 5) is 19.0. The Morgan fingerprint density at radius 1 is 1.38 bits per heavy atom. The monoisotopic (exact) mass is 350 g/mol. The summed E-state index contributed by atoms with van der Waals surface area (Å²) in [6.07, 6.45) is 7.09. The maximum Gasteiger partial charge on any atom is 0.252 e. The highest BCUT2D eigenvalue weighted by Gasteiger charge is 2.43. The van der Waals surface area contributed by atoms with E-state index in [2.05, 4.69) is 51.8 Å². The van der Waals surface area contributed by atoms with E-state index in [1.165, 1.54) is 24.1 Å². The molecule has 2 atom stereocenters. The third-order valence-corrected chi connectivity index (χ3v) is 6.06. The van der Waals surface area contributed by atoms with Crippen molar-refractivity contribution in [2.24, 2.45) is 0 Å². The third kappa shape index (κ3) is 2.76. The summed E-state index contributed by atoms with van der Waals surface area (Å²) < 4.78 is 0. The summed E-state index contributed by atoms with van der Waals surface area (Å²) in [6.45, 7) is 2.00. The highest BCUT2D eigenvalue weighted by atomic mass is 16.1. The van der Waals surface area contributed by atoms with Gasteiger partial charge >= 0.3 is 0 Å². The topological polar surface area (TPSA) is 57.3 Å². The largest absolute Gasteiger partial charge is 0.384 e. The van der Waals surface area contributed by atoms with Gasteiger partial charge in [0.2, 0.25) is 0 Å². The number of pyridine rings is 1. The van der Waals surface area contributed by atoms with E-state index in [9.17, 15) is 4.79 Å². The number of nitrogens with one attached hydrogen (secondary N) is 2. The minimum Gasteiger partial charge on any atom is -0.384 e. The number of aromatic nitrogens is 1. The molecule has 0 bridgehead atoms. The van der Waals surface area contributed by atoms with Crippen molar-refractivity contribution in [2.45, 2.75) is 30.7 Å². The molecule has 1 aromatic heterocycles. The molecular weight excluding hydrogens is 324 g/mol. The van der Waals surface area contributed by atoms with E-state index in [0.717, 1.165) is 25.1 Å². The van der Waals surface area contributed by atoms with Gasteiger partial charge in [0.1, 0.15) is 0 Å². The summed E-state index contributed by atoms with van der Waals surface area (Å²) in [5.74, 6) is -0.0910. The van der Waals surface area contributed by atoms with Gasteiger partial charge in [-0.1, -0.05) is 18.2 Å². The summed E-state index contributed by atoms with van der Waals surface area (Å²) in [5, 5.41) is 6.30. The Balaban J connectivity index is 1.81. The van der Waals surface area contributed by atoms with Crippen LogP contribution in [0.5, 0.6) is 0 Å². The van der Waals surface area contributed by atoms with Gasteiger partial charge in [-0.2, -0.15) is 0 Å². The average Bonchev–Trinajstić information content (AvgIpc) is 3.26. The van der Waals surface area contributed by atoms with E-state index in [1.807, 2.05) is 12.3 Å². The number of amides is 1. The lowest BCUT2D eigenvalue weighted by atomic mass is 9.71. The first-order valence-corrected chi connectivity index (χ1v) is 9.35. The second-order valence-corrected chi connectivity index (χ2v) is 7.50. The molecule has 26 heavy (non-hydrogen) atoms. The lowest BCUT2D eigenvalue weighted by Gasteiger charge is -2.35. The summed E-state index contributed by atoms with van der Waals surface area (Å²) in [5.41, 5.74) is 4.09. The van der Waals surface area contributed by atoms with E-state index in [1.54, 1.807) is 13.2 Å². The van der Waals surface area contributed by atoms with Crippen molar-refractivity contribution in [2.75, 3.05) is 32.5 Å². The van der Waals surface area contributed by atoms with Crippen LogP contribution in [0.15, 0.2) is 42.7 Å². The first kappa shape index (κ1) is 17.0. The molecule has 0 saturated carbocycles. The second-order valence-electron chi connectivity index (χ2n) is 7.50. The third-order valence-electron chi connectivity index (χ3n) is 6.06. The molecule has 1 amide bonds. The molecule has 136 valence electrons. The zero-order valence-corrected chi connectivity index (χ0v) is 15.5. The Labute approximate surface area is 154 Å². The Morgan fingerprint density at radius 2 is 2.23 bits per heavy atom. The molecular formula is C21H26N4O. The number of anilines is 1. The predicted molar refractivity (Wildman–Crippen MR) is 104 cm³/mol. The van der Waals surface area contributed by atoms with Crippen molar-refractivity contribution < 1.29 is 4.79 Å². The predicted octanol–water partition coefficient (Wildman–Crippen LogP) is 2.64. The number of fused-ring (bicyclic) bond motifs is 1. The van der Waals surface area contributed by atoms with E-state index >= 15 is 0 Å². The molecule has 3 heterocycles. The van der Waals surface area contributed by atoms with Crippen LogP contribution in [0, 0.1) is 0 Å². The number of carbonyl (C=O) groups is 1. The van der Waals surface area contributed by atoms with Crippen LogP contribution in [0.25, 0.3) is 0 Å². The molecule has 1 aromatic carbocycles. The fourth-order valence-electron chi connectivity index (χ4n) is 4.56. The van der Waals surface area contributed by atoms with Crippen molar-refractivity contribution in [1.82, 2.24) is 15.2 Å². The van der Waals surface area contributed by atoms with E-state index in [-0.39, 0.29) is 11.3 Å². The van der Waals surface area contributed by atoms with Crippen LogP contribution in [0.3, 0.4) is 0 Å². The fourth-order valence-corrected chi connectivity index (χ4v) is 4.56. The van der Waals surface area contributed by atoms with Gasteiger partial charge in [0, 0.05) is 43.1 Å². The highest BCUT2D eigenvalue weighted by molar-refractivity contribution is 5.93. The van der Waals surface area contributed by atoms with Gasteiger partial charge in [-0.15, -0.1) is 0 Å². The van der Waals surface area contributed by atoms with Crippen LogP contribution >= 0.6 is 0 Å². The van der Waals surface area contributed by atoms with Crippen LogP contribution in [0.1, 0.15) is 40.7 Å². The average molecular weight is 350 g/mol. The molecule has 4 rings (SSSR count). The number of hydrogen-bond acceptors (Lipinski definition) is 4. The maximum atomic E-state index is 12.2. The number of benzene rings is 1. The maximum absolute atomic E-state index is 12.2. The van der Waals surface area contributed by atoms with Gasteiger partial charge < -0.3 is 15.5 Å². The van der Waals surface area contributed by atoms with E-state index in [4.69, 9.17) is 0 Å². The van der Waals surface area contributed by atoms with Crippen LogP contribution in [-0.4, -0.2) is 49.0 Å². The van der Waals surface area contributed by atoms with Crippen LogP contribution in [0.4, 0.5) is 5.69 Å². The second kappa shape index (κ2) is 6.72. The highest BCUT2D eigenvalue weighted by Crippen LogP contribution is 2.46. The SMILES string of the molecule is CNC(=O)c1cncc(C2(C[C@H]3CCCN3C)CNc3ccccc32)c1. The number of para-hydroxylation sites is 1. The standard InChI is InChI=1S/C21H26N4O/c1-22-20(26)15-10-16(13-23-12-15)21(11-17-6-5-9-25(17)2)14-24-19-8-4-3-7-18(19)21/h3-4,7-8,10,12-13,17,24H,5-6,9,11,14H2,1-2H3,(H,22,26)/t17-,21?/m1/s1. The Morgan fingerprint density at radius 3 is 3.00 bits per heavy atom. The van der Waals surface area contributed by atoms with Crippen molar-refractivity contribution in [1.29, 1.82) is 0 Å². The molecule has 1 saturated heterocycles. The lowest BCUT2D eigenvalue weighted by Crippen LogP contribution is -2.38. The zero-order valence-electron chi connectivity index (χ0n) is 15.5. The number of carbonyl (C=O) groups excluding carboxylic acids is 1. The number of hydrogen-bond donors (Lipinski definition) is 2. The van der Waals surface area contributed by atoms with Crippen molar-refractivity contribution in [3.05, 3.63) is 59.4 Å². The summed E-state index contributed by atoms with van der Waals surface area (Å²) >= 11 is 0. The molecule has 2 aromatic rings. The minimum atomic E-state index is -0.156. The molecule has 5 heteroatoms. The molecule has 0 aliphatic carbocycles. The van der Waals surface area contributed by atoms with Crippen LogP contribution in [0.2, 0.25) is 0 Å². The number of nitrogens with zero attached hydrogens (tertiary/aromatic N) is 2.